The van der Waals surface area contributed by atoms with Crippen LogP contribution >= 0.6 is 11.6 Å². The zero-order chi connectivity index (χ0) is 47.0. The summed E-state index contributed by atoms with van der Waals surface area (Å²) in [4.78, 5) is 56.7. The molecule has 0 atom stereocenters. The number of benzene rings is 2. The van der Waals surface area contributed by atoms with E-state index >= 15 is 0 Å². The van der Waals surface area contributed by atoms with Crippen LogP contribution in [-0.2, 0) is 17.1 Å². The van der Waals surface area contributed by atoms with Gasteiger partial charge >= 0.3 is 12.4 Å². The molecule has 16 nitrogen and oxygen atoms in total. The first-order chi connectivity index (χ1) is 31.0. The molecular weight excluding hydrogens is 890 g/mol. The van der Waals surface area contributed by atoms with Crippen molar-refractivity contribution in [2.75, 3.05) is 46.0 Å². The molecule has 342 valence electrons. The molecule has 0 aliphatic heterocycles. The van der Waals surface area contributed by atoms with Crippen LogP contribution in [0.5, 0.6) is 5.88 Å². The van der Waals surface area contributed by atoms with E-state index in [1.807, 2.05) is 6.92 Å². The number of alkyl halides is 6. The van der Waals surface area contributed by atoms with E-state index in [1.54, 1.807) is 60.7 Å². The predicted octanol–water partition coefficient (Wildman–Crippen LogP) is 5.96. The Balaban J connectivity index is 0.000000247. The highest BCUT2D eigenvalue weighted by molar-refractivity contribution is 6.29. The topological polar surface area (TPSA) is 196 Å². The van der Waals surface area contributed by atoms with Gasteiger partial charge in [0.2, 0.25) is 5.88 Å². The van der Waals surface area contributed by atoms with Gasteiger partial charge in [0.05, 0.1) is 40.2 Å². The minimum Gasteiger partial charge on any atom is -0.475 e. The molecule has 6 aromatic rings. The summed E-state index contributed by atoms with van der Waals surface area (Å²) in [5, 5.41) is 17.1. The maximum atomic E-state index is 13.4. The van der Waals surface area contributed by atoms with Crippen molar-refractivity contribution in [1.29, 1.82) is 0 Å². The smallest absolute Gasteiger partial charge is 0.435 e. The zero-order valence-electron chi connectivity index (χ0n) is 34.1. The number of amides is 4. The Bertz CT molecular complexity index is 2500. The summed E-state index contributed by atoms with van der Waals surface area (Å²) in [5.74, 6) is -2.48. The molecule has 6 rings (SSSR count). The summed E-state index contributed by atoms with van der Waals surface area (Å²) in [7, 11) is 0. The third-order valence-corrected chi connectivity index (χ3v) is 8.78. The Kier molecular flexibility index (Phi) is 17.1. The molecule has 0 saturated heterocycles. The molecule has 0 bridgehead atoms. The highest BCUT2D eigenvalue weighted by Gasteiger charge is 2.40. The van der Waals surface area contributed by atoms with Crippen LogP contribution in [0.2, 0.25) is 5.15 Å². The average Bonchev–Trinajstić information content (AvgIpc) is 3.97. The van der Waals surface area contributed by atoms with Crippen molar-refractivity contribution in [3.63, 3.8) is 0 Å². The largest absolute Gasteiger partial charge is 0.475 e. The fourth-order valence-electron chi connectivity index (χ4n) is 5.48. The van der Waals surface area contributed by atoms with Gasteiger partial charge < -0.3 is 30.7 Å². The highest BCUT2D eigenvalue weighted by Crippen LogP contribution is 2.32. The van der Waals surface area contributed by atoms with Crippen LogP contribution in [0, 0.1) is 0 Å². The summed E-state index contributed by atoms with van der Waals surface area (Å²) in [6.45, 7) is 3.01. The minimum atomic E-state index is -4.81. The Morgan fingerprint density at radius 1 is 0.585 bits per heavy atom. The maximum Gasteiger partial charge on any atom is 0.435 e. The fourth-order valence-corrected chi connectivity index (χ4v) is 5.60. The van der Waals surface area contributed by atoms with Crippen molar-refractivity contribution in [1.82, 2.24) is 50.8 Å². The van der Waals surface area contributed by atoms with Gasteiger partial charge in [0, 0.05) is 63.6 Å². The van der Waals surface area contributed by atoms with Gasteiger partial charge in [-0.15, -0.1) is 0 Å². The van der Waals surface area contributed by atoms with Gasteiger partial charge in [-0.25, -0.2) is 19.3 Å². The molecule has 4 N–H and O–H groups in total. The van der Waals surface area contributed by atoms with Gasteiger partial charge in [-0.3, -0.25) is 19.2 Å². The molecule has 4 aromatic heterocycles. The summed E-state index contributed by atoms with van der Waals surface area (Å²) < 4.78 is 92.7. The van der Waals surface area contributed by atoms with Gasteiger partial charge in [-0.2, -0.15) is 36.5 Å². The summed E-state index contributed by atoms with van der Waals surface area (Å²) in [6.07, 6.45) is -4.96. The number of halogens is 7. The van der Waals surface area contributed by atoms with E-state index in [4.69, 9.17) is 21.1 Å². The molecule has 0 fully saturated rings. The second-order valence-corrected chi connectivity index (χ2v) is 13.5. The number of pyridine rings is 2. The summed E-state index contributed by atoms with van der Waals surface area (Å²) in [5.41, 5.74) is -2.53. The molecule has 23 heteroatoms. The van der Waals surface area contributed by atoms with E-state index in [1.165, 1.54) is 36.7 Å². The number of rotatable bonds is 17. The van der Waals surface area contributed by atoms with E-state index in [9.17, 15) is 45.5 Å². The lowest BCUT2D eigenvalue weighted by atomic mass is 10.2. The maximum absolute atomic E-state index is 13.4. The zero-order valence-corrected chi connectivity index (χ0v) is 34.9. The van der Waals surface area contributed by atoms with Crippen molar-refractivity contribution >= 4 is 35.2 Å². The van der Waals surface area contributed by atoms with Gasteiger partial charge in [0.15, 0.2) is 11.4 Å². The fraction of sp³-hybridized carbons (Fsp3) is 0.238. The van der Waals surface area contributed by atoms with Gasteiger partial charge in [-0.1, -0.05) is 48.0 Å². The van der Waals surface area contributed by atoms with Gasteiger partial charge in [0.1, 0.15) is 11.8 Å². The number of carbonyl (C=O) groups is 4. The van der Waals surface area contributed by atoms with Gasteiger partial charge in [0.25, 0.3) is 23.6 Å². The number of nitrogens with zero attached hydrogens (tertiary/aromatic N) is 6. The van der Waals surface area contributed by atoms with Crippen molar-refractivity contribution in [2.45, 2.75) is 19.3 Å². The van der Waals surface area contributed by atoms with Crippen LogP contribution < -0.4 is 26.0 Å². The highest BCUT2D eigenvalue weighted by atomic mass is 35.5. The van der Waals surface area contributed by atoms with E-state index in [0.29, 0.717) is 37.1 Å². The minimum absolute atomic E-state index is 0.00136. The second kappa shape index (κ2) is 22.9. The van der Waals surface area contributed by atoms with E-state index < -0.39 is 58.5 Å². The van der Waals surface area contributed by atoms with E-state index in [-0.39, 0.29) is 42.5 Å². The lowest BCUT2D eigenvalue weighted by Gasteiger charge is -2.09. The number of ether oxygens (including phenoxy) is 2. The van der Waals surface area contributed by atoms with Crippen LogP contribution in [0.1, 0.15) is 59.7 Å². The van der Waals surface area contributed by atoms with Crippen molar-refractivity contribution in [2.24, 2.45) is 0 Å². The van der Waals surface area contributed by atoms with Gasteiger partial charge in [-0.05, 0) is 49.4 Å². The van der Waals surface area contributed by atoms with E-state index in [0.717, 1.165) is 21.8 Å². The standard InChI is InChI=1S/C23H24F3N5O4.C19H15ClF3N5O2/c1-2-34-12-13-35-19-9-8-16(14-29-19)21(32)27-10-11-28-22(33)18-15-31(17-6-4-3-5-7-17)30-20(18)23(24,25)26;20-15-7-6-12(10-26-15)17(29)24-8-9-25-18(30)14-11-28(13-4-2-1-3-5-13)27-16(14)19(21,22)23/h3-9,14-15H,2,10-13H2,1H3,(H,27,32)(H,28,33);1-7,10-11H,8-9H2,(H,24,29)(H,25,30). The molecule has 4 amide bonds. The third kappa shape index (κ3) is 14.3. The number of para-hydroxylation sites is 2. The predicted molar refractivity (Wildman–Crippen MR) is 222 cm³/mol. The van der Waals surface area contributed by atoms with E-state index in [2.05, 4.69) is 41.4 Å². The molecule has 65 heavy (non-hydrogen) atoms. The first-order valence-corrected chi connectivity index (χ1v) is 19.8. The molecule has 0 radical (unpaired) electrons. The van der Waals surface area contributed by atoms with Crippen LogP contribution in [-0.4, -0.2) is 99.2 Å². The molecule has 0 spiro atoms. The van der Waals surface area contributed by atoms with Crippen molar-refractivity contribution in [3.8, 4) is 17.3 Å². The van der Waals surface area contributed by atoms with Crippen molar-refractivity contribution in [3.05, 3.63) is 149 Å². The molecule has 0 aliphatic rings. The third-order valence-electron chi connectivity index (χ3n) is 8.56. The Morgan fingerprint density at radius 2 is 1.02 bits per heavy atom. The Hall–Kier alpha value is -7.33. The molecule has 0 unspecified atom stereocenters. The van der Waals surface area contributed by atoms with Crippen molar-refractivity contribution < 1.29 is 55.0 Å². The summed E-state index contributed by atoms with van der Waals surface area (Å²) >= 11 is 5.64. The number of nitrogens with one attached hydrogen (secondary N) is 4. The van der Waals surface area contributed by atoms with Crippen LogP contribution in [0.4, 0.5) is 26.3 Å². The molecule has 4 heterocycles. The number of hydrogen-bond donors (Lipinski definition) is 4. The lowest BCUT2D eigenvalue weighted by Crippen LogP contribution is -2.35. The molecule has 0 saturated carbocycles. The SMILES string of the molecule is CCOCCOc1ccc(C(=O)NCCNC(=O)c2cn(-c3ccccc3)nc2C(F)(F)F)cn1.O=C(NCCNC(=O)c1cn(-c2ccccc2)nc1C(F)(F)F)c1ccc(Cl)nc1. The lowest BCUT2D eigenvalue weighted by molar-refractivity contribution is -0.142. The number of aromatic nitrogens is 6. The summed E-state index contributed by atoms with van der Waals surface area (Å²) in [6, 6.07) is 22.2. The first kappa shape index (κ1) is 48.7. The van der Waals surface area contributed by atoms with Crippen LogP contribution in [0.3, 0.4) is 0 Å². The first-order valence-electron chi connectivity index (χ1n) is 19.4. The molecule has 2 aromatic carbocycles. The van der Waals surface area contributed by atoms with Crippen LogP contribution in [0.15, 0.2) is 110 Å². The monoisotopic (exact) mass is 928 g/mol. The average molecular weight is 929 g/mol. The molecule has 0 aliphatic carbocycles. The molecular formula is C42H39ClF6N10O6. The quantitative estimate of drug-likeness (QED) is 0.0482. The normalized spacial score (nSPS) is 11.2. The second-order valence-electron chi connectivity index (χ2n) is 13.2. The van der Waals surface area contributed by atoms with Crippen LogP contribution in [0.25, 0.3) is 11.4 Å². The number of carbonyl (C=O) groups excluding carboxylic acids is 4. The Labute approximate surface area is 371 Å². The Morgan fingerprint density at radius 3 is 1.40 bits per heavy atom. The number of hydrogen-bond acceptors (Lipinski definition) is 10.